The number of anilines is 1. The van der Waals surface area contributed by atoms with Crippen LogP contribution in [-0.4, -0.2) is 25.8 Å². The molecule has 0 spiro atoms. The zero-order valence-corrected chi connectivity index (χ0v) is 12.6. The summed E-state index contributed by atoms with van der Waals surface area (Å²) in [5, 5.41) is 0. The maximum absolute atomic E-state index is 12.6. The third-order valence-electron chi connectivity index (χ3n) is 3.79. The van der Waals surface area contributed by atoms with E-state index in [-0.39, 0.29) is 5.41 Å². The van der Waals surface area contributed by atoms with Gasteiger partial charge in [-0.1, -0.05) is 13.8 Å². The maximum Gasteiger partial charge on any atom is 0.243 e. The van der Waals surface area contributed by atoms with E-state index in [9.17, 15) is 8.42 Å². The molecule has 2 rings (SSSR count). The molecule has 0 amide bonds. The standard InChI is InChI=1S/C14H22N2O2S/c1-11-8-12(15)10-13(9-11)19(17,18)16-6-4-14(2,3)5-7-16/h8-10H,4-7,15H2,1-3H3. The number of nitrogens with two attached hydrogens (primary N) is 1. The Hall–Kier alpha value is -1.07. The Morgan fingerprint density at radius 3 is 2.26 bits per heavy atom. The normalized spacial score (nSPS) is 20.4. The summed E-state index contributed by atoms with van der Waals surface area (Å²) in [6.07, 6.45) is 1.79. The van der Waals surface area contributed by atoms with Crippen molar-refractivity contribution in [1.29, 1.82) is 0 Å². The van der Waals surface area contributed by atoms with Gasteiger partial charge in [-0.15, -0.1) is 0 Å². The van der Waals surface area contributed by atoms with Gasteiger partial charge in [0.1, 0.15) is 0 Å². The first kappa shape index (κ1) is 14.3. The second-order valence-electron chi connectivity index (χ2n) is 6.15. The Morgan fingerprint density at radius 2 is 1.74 bits per heavy atom. The minimum absolute atomic E-state index is 0.234. The molecule has 1 fully saturated rings. The quantitative estimate of drug-likeness (QED) is 0.847. The van der Waals surface area contributed by atoms with Gasteiger partial charge in [-0.05, 0) is 48.9 Å². The number of sulfonamides is 1. The first-order chi connectivity index (χ1) is 8.71. The highest BCUT2D eigenvalue weighted by Crippen LogP contribution is 2.32. The van der Waals surface area contributed by atoms with Crippen molar-refractivity contribution in [2.24, 2.45) is 5.41 Å². The van der Waals surface area contributed by atoms with Crippen LogP contribution >= 0.6 is 0 Å². The van der Waals surface area contributed by atoms with Crippen LogP contribution in [0.15, 0.2) is 23.1 Å². The van der Waals surface area contributed by atoms with Crippen molar-refractivity contribution in [2.45, 2.75) is 38.5 Å². The second-order valence-corrected chi connectivity index (χ2v) is 8.09. The van der Waals surface area contributed by atoms with Gasteiger partial charge in [-0.25, -0.2) is 8.42 Å². The topological polar surface area (TPSA) is 63.4 Å². The molecule has 1 aliphatic heterocycles. The largest absolute Gasteiger partial charge is 0.399 e. The molecular formula is C14H22N2O2S. The fourth-order valence-electron chi connectivity index (χ4n) is 2.41. The Morgan fingerprint density at radius 1 is 1.16 bits per heavy atom. The second kappa shape index (κ2) is 4.80. The molecule has 0 aromatic heterocycles. The van der Waals surface area contributed by atoms with Crippen LogP contribution in [0.25, 0.3) is 0 Å². The minimum Gasteiger partial charge on any atom is -0.399 e. The van der Waals surface area contributed by atoms with Crippen LogP contribution in [0.4, 0.5) is 5.69 Å². The maximum atomic E-state index is 12.6. The van der Waals surface area contributed by atoms with Crippen molar-refractivity contribution in [3.05, 3.63) is 23.8 Å². The molecule has 0 unspecified atom stereocenters. The molecule has 19 heavy (non-hydrogen) atoms. The van der Waals surface area contributed by atoms with E-state index in [1.54, 1.807) is 22.5 Å². The summed E-state index contributed by atoms with van der Waals surface area (Å²) >= 11 is 0. The van der Waals surface area contributed by atoms with Gasteiger partial charge in [-0.2, -0.15) is 4.31 Å². The van der Waals surface area contributed by atoms with Gasteiger partial charge < -0.3 is 5.73 Å². The van der Waals surface area contributed by atoms with Gasteiger partial charge in [0.15, 0.2) is 0 Å². The number of nitrogen functional groups attached to an aromatic ring is 1. The van der Waals surface area contributed by atoms with Crippen LogP contribution in [0, 0.1) is 12.3 Å². The smallest absolute Gasteiger partial charge is 0.243 e. The van der Waals surface area contributed by atoms with Gasteiger partial charge in [0.2, 0.25) is 10.0 Å². The summed E-state index contributed by atoms with van der Waals surface area (Å²) in [5.74, 6) is 0. The molecule has 0 radical (unpaired) electrons. The van der Waals surface area contributed by atoms with Crippen LogP contribution in [0.5, 0.6) is 0 Å². The molecular weight excluding hydrogens is 260 g/mol. The molecule has 0 bridgehead atoms. The lowest BCUT2D eigenvalue weighted by Gasteiger charge is -2.36. The van der Waals surface area contributed by atoms with Crippen molar-refractivity contribution in [3.63, 3.8) is 0 Å². The van der Waals surface area contributed by atoms with Crippen LogP contribution in [0.1, 0.15) is 32.3 Å². The van der Waals surface area contributed by atoms with Crippen LogP contribution < -0.4 is 5.73 Å². The van der Waals surface area contributed by atoms with E-state index in [1.165, 1.54) is 0 Å². The van der Waals surface area contributed by atoms with Gasteiger partial charge >= 0.3 is 0 Å². The van der Waals surface area contributed by atoms with Gasteiger partial charge in [0.05, 0.1) is 4.90 Å². The number of rotatable bonds is 2. The molecule has 1 aromatic rings. The van der Waals surface area contributed by atoms with Gasteiger partial charge in [-0.3, -0.25) is 0 Å². The summed E-state index contributed by atoms with van der Waals surface area (Å²) in [7, 11) is -3.40. The van der Waals surface area contributed by atoms with E-state index in [2.05, 4.69) is 13.8 Å². The Bertz CT molecular complexity index is 549. The Kier molecular flexibility index (Phi) is 3.62. The number of benzene rings is 1. The summed E-state index contributed by atoms with van der Waals surface area (Å²) in [6.45, 7) is 7.39. The zero-order chi connectivity index (χ0) is 14.3. The molecule has 0 aliphatic carbocycles. The molecule has 1 aromatic carbocycles. The molecule has 4 nitrogen and oxygen atoms in total. The van der Waals surface area contributed by atoms with Crippen molar-refractivity contribution >= 4 is 15.7 Å². The zero-order valence-electron chi connectivity index (χ0n) is 11.8. The lowest BCUT2D eigenvalue weighted by Crippen LogP contribution is -2.41. The average Bonchev–Trinajstić information content (AvgIpc) is 2.27. The van der Waals surface area contributed by atoms with E-state index >= 15 is 0 Å². The van der Waals surface area contributed by atoms with Crippen LogP contribution in [0.3, 0.4) is 0 Å². The summed E-state index contributed by atoms with van der Waals surface area (Å²) < 4.78 is 26.7. The fraction of sp³-hybridized carbons (Fsp3) is 0.571. The Labute approximate surface area is 115 Å². The molecule has 1 aliphatic rings. The lowest BCUT2D eigenvalue weighted by molar-refractivity contribution is 0.196. The number of aryl methyl sites for hydroxylation is 1. The average molecular weight is 282 g/mol. The molecule has 0 atom stereocenters. The molecule has 1 heterocycles. The predicted molar refractivity (Wildman–Crippen MR) is 77.4 cm³/mol. The van der Waals surface area contributed by atoms with E-state index in [4.69, 9.17) is 5.73 Å². The summed E-state index contributed by atoms with van der Waals surface area (Å²) in [5.41, 5.74) is 7.35. The monoisotopic (exact) mass is 282 g/mol. The molecule has 106 valence electrons. The number of piperidine rings is 1. The lowest BCUT2D eigenvalue weighted by atomic mass is 9.83. The summed E-state index contributed by atoms with van der Waals surface area (Å²) in [4.78, 5) is 0.310. The Balaban J connectivity index is 2.28. The molecule has 0 saturated carbocycles. The third kappa shape index (κ3) is 3.09. The van der Waals surface area contributed by atoms with Crippen LogP contribution in [-0.2, 0) is 10.0 Å². The number of hydrogen-bond acceptors (Lipinski definition) is 3. The first-order valence-electron chi connectivity index (χ1n) is 6.58. The predicted octanol–water partition coefficient (Wildman–Crippen LogP) is 2.39. The van der Waals surface area contributed by atoms with E-state index < -0.39 is 10.0 Å². The highest BCUT2D eigenvalue weighted by atomic mass is 32.2. The van der Waals surface area contributed by atoms with Crippen molar-refractivity contribution in [1.82, 2.24) is 4.31 Å². The van der Waals surface area contributed by atoms with Crippen molar-refractivity contribution in [2.75, 3.05) is 18.8 Å². The van der Waals surface area contributed by atoms with E-state index in [1.807, 2.05) is 6.92 Å². The van der Waals surface area contributed by atoms with E-state index in [0.29, 0.717) is 23.7 Å². The van der Waals surface area contributed by atoms with Crippen molar-refractivity contribution in [3.8, 4) is 0 Å². The minimum atomic E-state index is -3.40. The van der Waals surface area contributed by atoms with Gasteiger partial charge in [0, 0.05) is 18.8 Å². The number of hydrogen-bond donors (Lipinski definition) is 1. The first-order valence-corrected chi connectivity index (χ1v) is 8.02. The number of nitrogens with zero attached hydrogens (tertiary/aromatic N) is 1. The molecule has 2 N–H and O–H groups in total. The highest BCUT2D eigenvalue weighted by Gasteiger charge is 2.32. The van der Waals surface area contributed by atoms with Crippen molar-refractivity contribution < 1.29 is 8.42 Å². The van der Waals surface area contributed by atoms with Gasteiger partial charge in [0.25, 0.3) is 0 Å². The summed E-state index contributed by atoms with van der Waals surface area (Å²) in [6, 6.07) is 5.01. The third-order valence-corrected chi connectivity index (χ3v) is 5.66. The molecule has 1 saturated heterocycles. The highest BCUT2D eigenvalue weighted by molar-refractivity contribution is 7.89. The fourth-order valence-corrected chi connectivity index (χ4v) is 3.99. The molecule has 5 heteroatoms. The van der Waals surface area contributed by atoms with E-state index in [0.717, 1.165) is 18.4 Å². The SMILES string of the molecule is Cc1cc(N)cc(S(=O)(=O)N2CCC(C)(C)CC2)c1. The van der Waals surface area contributed by atoms with Crippen LogP contribution in [0.2, 0.25) is 0 Å².